The molecule has 1 aliphatic rings. The second-order valence-electron chi connectivity index (χ2n) is 4.25. The molecule has 0 amide bonds. The number of hydrogen-bond donors (Lipinski definition) is 1. The van der Waals surface area contributed by atoms with Crippen LogP contribution >= 0.6 is 0 Å². The van der Waals surface area contributed by atoms with E-state index in [0.29, 0.717) is 11.1 Å². The lowest BCUT2D eigenvalue weighted by Gasteiger charge is -2.16. The summed E-state index contributed by atoms with van der Waals surface area (Å²) < 4.78 is 26.1. The molecule has 106 valence electrons. The van der Waals surface area contributed by atoms with Gasteiger partial charge < -0.3 is 5.32 Å². The number of hydrogen-bond acceptors (Lipinski definition) is 6. The van der Waals surface area contributed by atoms with Crippen molar-refractivity contribution < 1.29 is 22.2 Å². The van der Waals surface area contributed by atoms with Gasteiger partial charge in [0.15, 0.2) is 5.78 Å². The van der Waals surface area contributed by atoms with Gasteiger partial charge in [-0.2, -0.15) is 8.42 Å². The fourth-order valence-electron chi connectivity index (χ4n) is 1.83. The number of benzene rings is 1. The summed E-state index contributed by atoms with van der Waals surface area (Å²) in [4.78, 5) is 23.9. The molecule has 0 atom stereocenters. The zero-order chi connectivity index (χ0) is 14.8. The van der Waals surface area contributed by atoms with Crippen molar-refractivity contribution in [3.05, 3.63) is 47.2 Å². The zero-order valence-electron chi connectivity index (χ0n) is 10.8. The first kappa shape index (κ1) is 14.4. The summed E-state index contributed by atoms with van der Waals surface area (Å²) in [5.41, 5.74) is 0.854. The molecule has 6 nitrogen and oxygen atoms in total. The van der Waals surface area contributed by atoms with E-state index < -0.39 is 10.1 Å². The topological polar surface area (TPSA) is 89.5 Å². The van der Waals surface area contributed by atoms with Gasteiger partial charge in [-0.3, -0.25) is 13.8 Å². The Labute approximate surface area is 116 Å². The number of Topliss-reactive ketones (excluding diaryl/α,β-unsaturated/α-hetero) is 1. The summed E-state index contributed by atoms with van der Waals surface area (Å²) in [6.45, 7) is -0.000614. The van der Waals surface area contributed by atoms with Gasteiger partial charge >= 0.3 is 0 Å². The lowest BCUT2D eigenvalue weighted by Crippen LogP contribution is -2.29. The van der Waals surface area contributed by atoms with E-state index in [2.05, 4.69) is 9.50 Å². The maximum atomic E-state index is 12.1. The van der Waals surface area contributed by atoms with E-state index in [0.717, 1.165) is 6.26 Å². The van der Waals surface area contributed by atoms with Gasteiger partial charge in [-0.1, -0.05) is 24.3 Å². The van der Waals surface area contributed by atoms with E-state index in [4.69, 9.17) is 0 Å². The SMILES string of the molecule is CS(=O)(=O)OCCNC1=CC(=O)c2ccccc2C1=O. The first-order valence-corrected chi connectivity index (χ1v) is 7.68. The molecular formula is C13H13NO5S. The van der Waals surface area contributed by atoms with Crippen molar-refractivity contribution in [2.75, 3.05) is 19.4 Å². The van der Waals surface area contributed by atoms with Crippen LogP contribution in [0.25, 0.3) is 0 Å². The van der Waals surface area contributed by atoms with E-state index >= 15 is 0 Å². The summed E-state index contributed by atoms with van der Waals surface area (Å²) in [5.74, 6) is -0.550. The number of rotatable bonds is 5. The van der Waals surface area contributed by atoms with Crippen LogP contribution in [0.2, 0.25) is 0 Å². The number of ketones is 2. The Morgan fingerprint density at radius 1 is 1.15 bits per heavy atom. The molecule has 20 heavy (non-hydrogen) atoms. The van der Waals surface area contributed by atoms with Crippen LogP contribution in [0.1, 0.15) is 20.7 Å². The van der Waals surface area contributed by atoms with Crippen molar-refractivity contribution in [1.29, 1.82) is 0 Å². The Bertz CT molecular complexity index is 690. The van der Waals surface area contributed by atoms with Crippen LogP contribution < -0.4 is 5.32 Å². The van der Waals surface area contributed by atoms with Gasteiger partial charge in [-0.05, 0) is 0 Å². The maximum Gasteiger partial charge on any atom is 0.264 e. The quantitative estimate of drug-likeness (QED) is 0.629. The molecule has 0 saturated heterocycles. The van der Waals surface area contributed by atoms with Gasteiger partial charge in [0.2, 0.25) is 5.78 Å². The van der Waals surface area contributed by atoms with E-state index in [9.17, 15) is 18.0 Å². The van der Waals surface area contributed by atoms with Gasteiger partial charge in [-0.25, -0.2) is 0 Å². The summed E-state index contributed by atoms with van der Waals surface area (Å²) >= 11 is 0. The number of carbonyl (C=O) groups excluding carboxylic acids is 2. The summed E-state index contributed by atoms with van der Waals surface area (Å²) in [5, 5.41) is 2.72. The third-order valence-electron chi connectivity index (χ3n) is 2.67. The van der Waals surface area contributed by atoms with Crippen molar-refractivity contribution >= 4 is 21.7 Å². The average Bonchev–Trinajstić information content (AvgIpc) is 2.39. The minimum Gasteiger partial charge on any atom is -0.379 e. The van der Waals surface area contributed by atoms with Gasteiger partial charge in [0, 0.05) is 23.7 Å². The Morgan fingerprint density at radius 3 is 2.45 bits per heavy atom. The van der Waals surface area contributed by atoms with E-state index in [-0.39, 0.29) is 30.4 Å². The van der Waals surface area contributed by atoms with Crippen LogP contribution in [0.15, 0.2) is 36.0 Å². The van der Waals surface area contributed by atoms with Crippen LogP contribution in [0.4, 0.5) is 0 Å². The predicted octanol–water partition coefficient (Wildman–Crippen LogP) is 0.515. The van der Waals surface area contributed by atoms with Crippen molar-refractivity contribution in [2.45, 2.75) is 0 Å². The maximum absolute atomic E-state index is 12.1. The summed E-state index contributed by atoms with van der Waals surface area (Å²) in [6.07, 6.45) is 2.16. The molecule has 0 bridgehead atoms. The molecule has 0 fully saturated rings. The minimum absolute atomic E-state index is 0.111. The lowest BCUT2D eigenvalue weighted by atomic mass is 9.93. The first-order valence-electron chi connectivity index (χ1n) is 5.86. The second kappa shape index (κ2) is 5.56. The molecule has 1 aromatic rings. The molecule has 2 rings (SSSR count). The van der Waals surface area contributed by atoms with Gasteiger partial charge in [0.25, 0.3) is 10.1 Å². The smallest absolute Gasteiger partial charge is 0.264 e. The van der Waals surface area contributed by atoms with Crippen molar-refractivity contribution in [3.63, 3.8) is 0 Å². The highest BCUT2D eigenvalue weighted by Crippen LogP contribution is 2.19. The molecule has 0 aliphatic heterocycles. The third kappa shape index (κ3) is 3.31. The highest BCUT2D eigenvalue weighted by atomic mass is 32.2. The standard InChI is InChI=1S/C13H13NO5S/c1-20(17,18)19-7-6-14-11-8-12(15)9-4-2-3-5-10(9)13(11)16/h2-5,8,14H,6-7H2,1H3. The largest absolute Gasteiger partial charge is 0.379 e. The Balaban J connectivity index is 2.04. The molecular weight excluding hydrogens is 282 g/mol. The van der Waals surface area contributed by atoms with Crippen LogP contribution in [0.5, 0.6) is 0 Å². The molecule has 0 heterocycles. The molecule has 0 unspecified atom stereocenters. The highest BCUT2D eigenvalue weighted by Gasteiger charge is 2.24. The third-order valence-corrected chi connectivity index (χ3v) is 3.27. The molecule has 0 radical (unpaired) electrons. The monoisotopic (exact) mass is 295 g/mol. The molecule has 7 heteroatoms. The molecule has 0 saturated carbocycles. The highest BCUT2D eigenvalue weighted by molar-refractivity contribution is 7.85. The minimum atomic E-state index is -3.51. The second-order valence-corrected chi connectivity index (χ2v) is 5.89. The van der Waals surface area contributed by atoms with Crippen molar-refractivity contribution in [2.24, 2.45) is 0 Å². The molecule has 0 spiro atoms. The van der Waals surface area contributed by atoms with Crippen LogP contribution in [0.3, 0.4) is 0 Å². The van der Waals surface area contributed by atoms with E-state index in [1.807, 2.05) is 0 Å². The van der Waals surface area contributed by atoms with E-state index in [1.54, 1.807) is 24.3 Å². The number of carbonyl (C=O) groups is 2. The van der Waals surface area contributed by atoms with Crippen LogP contribution in [0, 0.1) is 0 Å². The van der Waals surface area contributed by atoms with Crippen LogP contribution in [-0.2, 0) is 14.3 Å². The van der Waals surface area contributed by atoms with E-state index in [1.165, 1.54) is 6.08 Å². The first-order chi connectivity index (χ1) is 9.38. The lowest BCUT2D eigenvalue weighted by molar-refractivity contribution is 0.0977. The number of nitrogens with one attached hydrogen (secondary N) is 1. The average molecular weight is 295 g/mol. The number of fused-ring (bicyclic) bond motifs is 1. The fraction of sp³-hybridized carbons (Fsp3) is 0.231. The normalized spacial score (nSPS) is 14.8. The number of allylic oxidation sites excluding steroid dienone is 2. The van der Waals surface area contributed by atoms with Crippen molar-refractivity contribution in [1.82, 2.24) is 5.32 Å². The zero-order valence-corrected chi connectivity index (χ0v) is 11.6. The molecule has 1 N–H and O–H groups in total. The van der Waals surface area contributed by atoms with Crippen LogP contribution in [-0.4, -0.2) is 39.4 Å². The summed E-state index contributed by atoms with van der Waals surface area (Å²) in [7, 11) is -3.51. The van der Waals surface area contributed by atoms with Gasteiger partial charge in [0.1, 0.15) is 0 Å². The Morgan fingerprint density at radius 2 is 1.80 bits per heavy atom. The fourth-order valence-corrected chi connectivity index (χ4v) is 2.21. The van der Waals surface area contributed by atoms with Gasteiger partial charge in [-0.15, -0.1) is 0 Å². The molecule has 0 aromatic heterocycles. The Hall–Kier alpha value is -1.99. The predicted molar refractivity (Wildman–Crippen MR) is 72.0 cm³/mol. The van der Waals surface area contributed by atoms with Crippen molar-refractivity contribution in [3.8, 4) is 0 Å². The summed E-state index contributed by atoms with van der Waals surface area (Å²) in [6, 6.07) is 6.54. The molecule has 1 aromatic carbocycles. The molecule has 1 aliphatic carbocycles. The Kier molecular flexibility index (Phi) is 4.01. The van der Waals surface area contributed by atoms with Gasteiger partial charge in [0.05, 0.1) is 18.6 Å².